The summed E-state index contributed by atoms with van der Waals surface area (Å²) in [6.45, 7) is 2.69. The van der Waals surface area contributed by atoms with Crippen LogP contribution in [0.4, 0.5) is 11.4 Å². The first kappa shape index (κ1) is 13.1. The van der Waals surface area contributed by atoms with E-state index in [1.54, 1.807) is 18.2 Å². The maximum atomic E-state index is 10.9. The van der Waals surface area contributed by atoms with Crippen LogP contribution >= 0.6 is 0 Å². The van der Waals surface area contributed by atoms with Crippen molar-refractivity contribution in [2.45, 2.75) is 19.9 Å². The lowest BCUT2D eigenvalue weighted by Gasteiger charge is -2.10. The maximum absolute atomic E-state index is 10.9. The smallest absolute Gasteiger partial charge is 0.292 e. The van der Waals surface area contributed by atoms with Crippen LogP contribution in [-0.2, 0) is 13.0 Å². The summed E-state index contributed by atoms with van der Waals surface area (Å²) in [4.78, 5) is 10.6. The average molecular weight is 256 g/mol. The monoisotopic (exact) mass is 256 g/mol. The van der Waals surface area contributed by atoms with Crippen molar-refractivity contribution in [2.75, 3.05) is 5.32 Å². The topological polar surface area (TPSA) is 55.2 Å². The number of anilines is 1. The molecule has 1 N–H and O–H groups in total. The number of hydrogen-bond acceptors (Lipinski definition) is 3. The van der Waals surface area contributed by atoms with Crippen LogP contribution < -0.4 is 5.32 Å². The van der Waals surface area contributed by atoms with Crippen molar-refractivity contribution in [1.29, 1.82) is 0 Å². The zero-order valence-corrected chi connectivity index (χ0v) is 10.8. The van der Waals surface area contributed by atoms with Gasteiger partial charge in [0.25, 0.3) is 5.69 Å². The molecule has 19 heavy (non-hydrogen) atoms. The van der Waals surface area contributed by atoms with E-state index in [9.17, 15) is 10.1 Å². The van der Waals surface area contributed by atoms with Crippen LogP contribution in [0.1, 0.15) is 18.1 Å². The Balaban J connectivity index is 2.17. The molecule has 4 nitrogen and oxygen atoms in total. The molecule has 0 fully saturated rings. The van der Waals surface area contributed by atoms with Crippen LogP contribution in [-0.4, -0.2) is 4.92 Å². The van der Waals surface area contributed by atoms with Crippen molar-refractivity contribution in [2.24, 2.45) is 0 Å². The fourth-order valence-electron chi connectivity index (χ4n) is 2.05. The molecule has 98 valence electrons. The third-order valence-electron chi connectivity index (χ3n) is 3.07. The summed E-state index contributed by atoms with van der Waals surface area (Å²) in [7, 11) is 0. The molecule has 0 saturated heterocycles. The SMILES string of the molecule is CCc1ccccc1CNc1ccccc1[N+](=O)[O-]. The fourth-order valence-corrected chi connectivity index (χ4v) is 2.05. The van der Waals surface area contributed by atoms with Gasteiger partial charge >= 0.3 is 0 Å². The van der Waals surface area contributed by atoms with E-state index in [1.165, 1.54) is 17.2 Å². The van der Waals surface area contributed by atoms with E-state index in [2.05, 4.69) is 18.3 Å². The van der Waals surface area contributed by atoms with E-state index < -0.39 is 0 Å². The van der Waals surface area contributed by atoms with Gasteiger partial charge in [0.05, 0.1) is 4.92 Å². The lowest BCUT2D eigenvalue weighted by Crippen LogP contribution is -2.04. The summed E-state index contributed by atoms with van der Waals surface area (Å²) in [5, 5.41) is 14.1. The predicted octanol–water partition coefficient (Wildman–Crippen LogP) is 3.77. The number of rotatable bonds is 5. The molecule has 0 unspecified atom stereocenters. The van der Waals surface area contributed by atoms with Gasteiger partial charge in [-0.1, -0.05) is 43.3 Å². The van der Waals surface area contributed by atoms with Crippen molar-refractivity contribution in [1.82, 2.24) is 0 Å². The Morgan fingerprint density at radius 1 is 1.05 bits per heavy atom. The van der Waals surface area contributed by atoms with E-state index in [0.717, 1.165) is 6.42 Å². The summed E-state index contributed by atoms with van der Waals surface area (Å²) in [5.74, 6) is 0. The van der Waals surface area contributed by atoms with Crippen molar-refractivity contribution in [3.05, 3.63) is 69.8 Å². The Morgan fingerprint density at radius 2 is 1.68 bits per heavy atom. The normalized spacial score (nSPS) is 10.2. The highest BCUT2D eigenvalue weighted by molar-refractivity contribution is 5.61. The molecule has 0 bridgehead atoms. The summed E-state index contributed by atoms with van der Waals surface area (Å²) in [5.41, 5.74) is 3.09. The first-order valence-electron chi connectivity index (χ1n) is 6.26. The zero-order chi connectivity index (χ0) is 13.7. The molecular weight excluding hydrogens is 240 g/mol. The second-order valence-electron chi connectivity index (χ2n) is 4.25. The van der Waals surface area contributed by atoms with Gasteiger partial charge in [0.2, 0.25) is 0 Å². The molecule has 0 aliphatic heterocycles. The first-order valence-corrected chi connectivity index (χ1v) is 6.26. The summed E-state index contributed by atoms with van der Waals surface area (Å²) in [6.07, 6.45) is 0.953. The molecule has 0 atom stereocenters. The molecule has 0 saturated carbocycles. The quantitative estimate of drug-likeness (QED) is 0.654. The minimum atomic E-state index is -0.367. The van der Waals surface area contributed by atoms with Crippen molar-refractivity contribution >= 4 is 11.4 Å². The van der Waals surface area contributed by atoms with Crippen LogP contribution in [0, 0.1) is 10.1 Å². The minimum Gasteiger partial charge on any atom is -0.375 e. The van der Waals surface area contributed by atoms with E-state index in [0.29, 0.717) is 12.2 Å². The van der Waals surface area contributed by atoms with Gasteiger partial charge < -0.3 is 5.32 Å². The van der Waals surface area contributed by atoms with E-state index in [-0.39, 0.29) is 10.6 Å². The Bertz CT molecular complexity index is 582. The van der Waals surface area contributed by atoms with Crippen LogP contribution in [0.2, 0.25) is 0 Å². The third-order valence-corrected chi connectivity index (χ3v) is 3.07. The molecule has 0 heterocycles. The Labute approximate surface area is 112 Å². The molecule has 2 aromatic carbocycles. The van der Waals surface area contributed by atoms with Crippen LogP contribution in [0.15, 0.2) is 48.5 Å². The zero-order valence-electron chi connectivity index (χ0n) is 10.8. The highest BCUT2D eigenvalue weighted by atomic mass is 16.6. The Hall–Kier alpha value is -2.36. The second-order valence-corrected chi connectivity index (χ2v) is 4.25. The lowest BCUT2D eigenvalue weighted by molar-refractivity contribution is -0.384. The van der Waals surface area contributed by atoms with Crippen LogP contribution in [0.5, 0.6) is 0 Å². The van der Waals surface area contributed by atoms with Gasteiger partial charge in [-0.2, -0.15) is 0 Å². The Morgan fingerprint density at radius 3 is 2.37 bits per heavy atom. The third kappa shape index (κ3) is 3.10. The van der Waals surface area contributed by atoms with Crippen LogP contribution in [0.25, 0.3) is 0 Å². The maximum Gasteiger partial charge on any atom is 0.292 e. The highest BCUT2D eigenvalue weighted by Crippen LogP contribution is 2.24. The molecule has 0 aliphatic rings. The molecule has 0 aliphatic carbocycles. The first-order chi connectivity index (χ1) is 9.22. The molecule has 0 radical (unpaired) electrons. The summed E-state index contributed by atoms with van der Waals surface area (Å²) < 4.78 is 0. The molecule has 0 aromatic heterocycles. The second kappa shape index (κ2) is 6.00. The molecule has 2 rings (SSSR count). The summed E-state index contributed by atoms with van der Waals surface area (Å²) in [6, 6.07) is 14.8. The molecule has 0 spiro atoms. The van der Waals surface area contributed by atoms with Crippen molar-refractivity contribution in [3.8, 4) is 0 Å². The molecule has 0 amide bonds. The van der Waals surface area contributed by atoms with Crippen molar-refractivity contribution < 1.29 is 4.92 Å². The fraction of sp³-hybridized carbons (Fsp3) is 0.200. The summed E-state index contributed by atoms with van der Waals surface area (Å²) >= 11 is 0. The molecule has 2 aromatic rings. The number of nitro groups is 1. The number of hydrogen-bond donors (Lipinski definition) is 1. The Kier molecular flexibility index (Phi) is 4.13. The molecule has 4 heteroatoms. The largest absolute Gasteiger partial charge is 0.375 e. The molecular formula is C15H16N2O2. The highest BCUT2D eigenvalue weighted by Gasteiger charge is 2.11. The lowest BCUT2D eigenvalue weighted by atomic mass is 10.1. The van der Waals surface area contributed by atoms with E-state index in [4.69, 9.17) is 0 Å². The van der Waals surface area contributed by atoms with E-state index in [1.807, 2.05) is 18.2 Å². The number of nitrogens with one attached hydrogen (secondary N) is 1. The number of nitro benzene ring substituents is 1. The van der Waals surface area contributed by atoms with Gasteiger partial charge in [-0.05, 0) is 23.6 Å². The number of para-hydroxylation sites is 2. The number of aryl methyl sites for hydroxylation is 1. The van der Waals surface area contributed by atoms with Crippen molar-refractivity contribution in [3.63, 3.8) is 0 Å². The minimum absolute atomic E-state index is 0.108. The van der Waals surface area contributed by atoms with Gasteiger partial charge in [-0.3, -0.25) is 10.1 Å². The van der Waals surface area contributed by atoms with Gasteiger partial charge in [-0.15, -0.1) is 0 Å². The number of benzene rings is 2. The predicted molar refractivity (Wildman–Crippen MR) is 76.2 cm³/mol. The van der Waals surface area contributed by atoms with Gasteiger partial charge in [0, 0.05) is 12.6 Å². The van der Waals surface area contributed by atoms with Gasteiger partial charge in [0.1, 0.15) is 5.69 Å². The van der Waals surface area contributed by atoms with Crippen LogP contribution in [0.3, 0.4) is 0 Å². The van der Waals surface area contributed by atoms with E-state index >= 15 is 0 Å². The van der Waals surface area contributed by atoms with Gasteiger partial charge in [0.15, 0.2) is 0 Å². The van der Waals surface area contributed by atoms with Gasteiger partial charge in [-0.25, -0.2) is 0 Å². The standard InChI is InChI=1S/C15H16N2O2/c1-2-12-7-3-4-8-13(12)11-16-14-9-5-6-10-15(14)17(18)19/h3-10,16H,2,11H2,1H3. The average Bonchev–Trinajstić information content (AvgIpc) is 2.45. The number of nitrogens with zero attached hydrogens (tertiary/aromatic N) is 1.